The first-order valence-electron chi connectivity index (χ1n) is 5.82. The molecule has 0 aromatic carbocycles. The van der Waals surface area contributed by atoms with Crippen LogP contribution >= 0.6 is 0 Å². The van der Waals surface area contributed by atoms with Gasteiger partial charge in [-0.15, -0.1) is 0 Å². The van der Waals surface area contributed by atoms with Crippen molar-refractivity contribution in [1.82, 2.24) is 10.3 Å². The second-order valence-corrected chi connectivity index (χ2v) is 4.90. The molecule has 0 saturated heterocycles. The van der Waals surface area contributed by atoms with Crippen molar-refractivity contribution in [1.29, 1.82) is 0 Å². The summed E-state index contributed by atoms with van der Waals surface area (Å²) in [6.45, 7) is 5.61. The summed E-state index contributed by atoms with van der Waals surface area (Å²) in [7, 11) is 1.29. The Balaban J connectivity index is 2.59. The van der Waals surface area contributed by atoms with E-state index in [-0.39, 0.29) is 12.2 Å². The van der Waals surface area contributed by atoms with Crippen LogP contribution in [0.1, 0.15) is 36.8 Å². The molecule has 1 rings (SSSR count). The lowest BCUT2D eigenvalue weighted by Gasteiger charge is -2.19. The van der Waals surface area contributed by atoms with E-state index in [0.717, 1.165) is 5.56 Å². The number of rotatable bonds is 3. The lowest BCUT2D eigenvalue weighted by molar-refractivity contribution is 0.0523. The molecule has 1 aromatic heterocycles. The molecule has 1 heterocycles. The number of hydrogen-bond acceptors (Lipinski definition) is 5. The van der Waals surface area contributed by atoms with Crippen LogP contribution in [-0.4, -0.2) is 29.8 Å². The highest BCUT2D eigenvalue weighted by atomic mass is 16.6. The predicted molar refractivity (Wildman–Crippen MR) is 68.7 cm³/mol. The average Bonchev–Trinajstić information content (AvgIpc) is 2.34. The lowest BCUT2D eigenvalue weighted by Crippen LogP contribution is -2.32. The van der Waals surface area contributed by atoms with Gasteiger partial charge in [0.2, 0.25) is 0 Å². The molecule has 0 atom stereocenters. The maximum absolute atomic E-state index is 11.5. The summed E-state index contributed by atoms with van der Waals surface area (Å²) in [6.07, 6.45) is 0.974. The summed E-state index contributed by atoms with van der Waals surface area (Å²) in [4.78, 5) is 26.6. The van der Waals surface area contributed by atoms with Crippen LogP contribution < -0.4 is 5.32 Å². The minimum atomic E-state index is -0.542. The Morgan fingerprint density at radius 1 is 1.37 bits per heavy atom. The molecule has 19 heavy (non-hydrogen) atoms. The molecule has 104 valence electrons. The zero-order valence-corrected chi connectivity index (χ0v) is 11.5. The Labute approximate surface area is 112 Å². The van der Waals surface area contributed by atoms with Crippen molar-refractivity contribution < 1.29 is 19.1 Å². The Morgan fingerprint density at radius 3 is 2.63 bits per heavy atom. The number of nitrogens with one attached hydrogen (secondary N) is 1. The number of ether oxygens (including phenoxy) is 2. The van der Waals surface area contributed by atoms with Gasteiger partial charge in [0.15, 0.2) is 0 Å². The Kier molecular flexibility index (Phi) is 4.86. The molecule has 1 amide bonds. The van der Waals surface area contributed by atoms with E-state index in [1.54, 1.807) is 32.9 Å². The number of nitrogens with zero attached hydrogens (tertiary/aromatic N) is 1. The van der Waals surface area contributed by atoms with Gasteiger partial charge in [-0.1, -0.05) is 0 Å². The Morgan fingerprint density at radius 2 is 2.05 bits per heavy atom. The summed E-state index contributed by atoms with van der Waals surface area (Å²) in [5.41, 5.74) is 0.395. The highest BCUT2D eigenvalue weighted by Gasteiger charge is 2.16. The number of carbonyl (C=O) groups is 2. The molecule has 0 bridgehead atoms. The number of methoxy groups -OCH3 is 1. The molecule has 0 aliphatic carbocycles. The number of amides is 1. The fraction of sp³-hybridized carbons (Fsp3) is 0.462. The van der Waals surface area contributed by atoms with Gasteiger partial charge < -0.3 is 14.8 Å². The monoisotopic (exact) mass is 266 g/mol. The number of hydrogen-bond donors (Lipinski definition) is 1. The van der Waals surface area contributed by atoms with Crippen molar-refractivity contribution in [3.05, 3.63) is 29.6 Å². The van der Waals surface area contributed by atoms with Crippen LogP contribution in [-0.2, 0) is 16.0 Å². The zero-order chi connectivity index (χ0) is 14.5. The van der Waals surface area contributed by atoms with E-state index < -0.39 is 17.7 Å². The van der Waals surface area contributed by atoms with E-state index in [1.807, 2.05) is 0 Å². The minimum absolute atomic E-state index is 0.200. The predicted octanol–water partition coefficient (Wildman–Crippen LogP) is 1.89. The van der Waals surface area contributed by atoms with Gasteiger partial charge in [0.05, 0.1) is 7.11 Å². The minimum Gasteiger partial charge on any atom is -0.464 e. The summed E-state index contributed by atoms with van der Waals surface area (Å²) in [5, 5.41) is 2.60. The number of aromatic nitrogens is 1. The van der Waals surface area contributed by atoms with E-state index in [0.29, 0.717) is 0 Å². The number of pyridine rings is 1. The van der Waals surface area contributed by atoms with Crippen molar-refractivity contribution in [2.24, 2.45) is 0 Å². The molecule has 6 nitrogen and oxygen atoms in total. The molecule has 0 unspecified atom stereocenters. The van der Waals surface area contributed by atoms with Gasteiger partial charge in [0.25, 0.3) is 0 Å². The normalized spacial score (nSPS) is 10.7. The van der Waals surface area contributed by atoms with Gasteiger partial charge in [-0.3, -0.25) is 0 Å². The van der Waals surface area contributed by atoms with Crippen molar-refractivity contribution in [2.45, 2.75) is 32.9 Å². The molecular formula is C13H18N2O4. The summed E-state index contributed by atoms with van der Waals surface area (Å²) in [6, 6.07) is 3.26. The first-order chi connectivity index (χ1) is 8.81. The maximum atomic E-state index is 11.5. The topological polar surface area (TPSA) is 77.5 Å². The van der Waals surface area contributed by atoms with E-state index in [1.165, 1.54) is 13.3 Å². The molecule has 0 aliphatic rings. The van der Waals surface area contributed by atoms with Gasteiger partial charge in [-0.25, -0.2) is 14.6 Å². The van der Waals surface area contributed by atoms with Crippen molar-refractivity contribution in [3.8, 4) is 0 Å². The SMILES string of the molecule is COC(=O)c1cc(CNC(=O)OC(C)(C)C)ccn1. The van der Waals surface area contributed by atoms with Crippen molar-refractivity contribution >= 4 is 12.1 Å². The van der Waals surface area contributed by atoms with E-state index in [9.17, 15) is 9.59 Å². The van der Waals surface area contributed by atoms with Gasteiger partial charge in [0.1, 0.15) is 11.3 Å². The first kappa shape index (κ1) is 14.9. The standard InChI is InChI=1S/C13H18N2O4/c1-13(2,3)19-12(17)15-8-9-5-6-14-10(7-9)11(16)18-4/h5-7H,8H2,1-4H3,(H,15,17). The van der Waals surface area contributed by atoms with Crippen LogP contribution in [0.5, 0.6) is 0 Å². The fourth-order valence-corrected chi connectivity index (χ4v) is 1.29. The lowest BCUT2D eigenvalue weighted by atomic mass is 10.2. The smallest absolute Gasteiger partial charge is 0.407 e. The summed E-state index contributed by atoms with van der Waals surface area (Å²) >= 11 is 0. The van der Waals surface area contributed by atoms with E-state index in [2.05, 4.69) is 15.0 Å². The van der Waals surface area contributed by atoms with Crippen LogP contribution in [0.15, 0.2) is 18.3 Å². The zero-order valence-electron chi connectivity index (χ0n) is 11.5. The fourth-order valence-electron chi connectivity index (χ4n) is 1.29. The molecule has 6 heteroatoms. The number of esters is 1. The summed E-state index contributed by atoms with van der Waals surface area (Å²) < 4.78 is 9.67. The number of carbonyl (C=O) groups excluding carboxylic acids is 2. The molecule has 1 aromatic rings. The molecule has 0 saturated carbocycles. The third kappa shape index (κ3) is 5.37. The molecular weight excluding hydrogens is 248 g/mol. The maximum Gasteiger partial charge on any atom is 0.407 e. The molecule has 0 spiro atoms. The summed E-state index contributed by atoms with van der Waals surface area (Å²) in [5.74, 6) is -0.515. The molecule has 0 fully saturated rings. The van der Waals surface area contributed by atoms with Crippen LogP contribution in [0, 0.1) is 0 Å². The molecule has 0 aliphatic heterocycles. The third-order valence-corrected chi connectivity index (χ3v) is 2.05. The highest BCUT2D eigenvalue weighted by molar-refractivity contribution is 5.87. The van der Waals surface area contributed by atoms with E-state index in [4.69, 9.17) is 4.74 Å². The number of alkyl carbamates (subject to hydrolysis) is 1. The quantitative estimate of drug-likeness (QED) is 0.845. The van der Waals surface area contributed by atoms with Gasteiger partial charge in [-0.05, 0) is 38.5 Å². The van der Waals surface area contributed by atoms with Crippen molar-refractivity contribution in [2.75, 3.05) is 7.11 Å². The third-order valence-electron chi connectivity index (χ3n) is 2.05. The second kappa shape index (κ2) is 6.17. The van der Waals surface area contributed by atoms with Crippen LogP contribution in [0.25, 0.3) is 0 Å². The Hall–Kier alpha value is -2.11. The van der Waals surface area contributed by atoms with Crippen LogP contribution in [0.3, 0.4) is 0 Å². The first-order valence-corrected chi connectivity index (χ1v) is 5.82. The second-order valence-electron chi connectivity index (χ2n) is 4.90. The van der Waals surface area contributed by atoms with E-state index >= 15 is 0 Å². The average molecular weight is 266 g/mol. The van der Waals surface area contributed by atoms with Crippen LogP contribution in [0.4, 0.5) is 4.79 Å². The largest absolute Gasteiger partial charge is 0.464 e. The van der Waals surface area contributed by atoms with Gasteiger partial charge >= 0.3 is 12.1 Å². The van der Waals surface area contributed by atoms with Crippen LogP contribution in [0.2, 0.25) is 0 Å². The molecule has 0 radical (unpaired) electrons. The highest BCUT2D eigenvalue weighted by Crippen LogP contribution is 2.07. The van der Waals surface area contributed by atoms with Gasteiger partial charge in [-0.2, -0.15) is 0 Å². The van der Waals surface area contributed by atoms with Gasteiger partial charge in [0, 0.05) is 12.7 Å². The molecule has 1 N–H and O–H groups in total. The Bertz CT molecular complexity index is 466. The van der Waals surface area contributed by atoms with Crippen molar-refractivity contribution in [3.63, 3.8) is 0 Å².